The Balaban J connectivity index is 1.11. The Hall–Kier alpha value is -1.70. The quantitative estimate of drug-likeness (QED) is 0.111. The summed E-state index contributed by atoms with van der Waals surface area (Å²) < 4.78 is 31.9. The SMILES string of the molecule is OCC(CCCCOCc1ccccc1)C1=CC2C[C@@H](OC3CCCCO3)[C@H](C(=CCC3CCCCC3)OC3CCCCO3)C2C1. The Bertz CT molecular complexity index is 1070. The fraction of sp³-hybridized carbons (Fsp3) is 0.750. The Labute approximate surface area is 278 Å². The van der Waals surface area contributed by atoms with Gasteiger partial charge in [0, 0.05) is 38.1 Å². The summed E-state index contributed by atoms with van der Waals surface area (Å²) in [6.45, 7) is 3.23. The van der Waals surface area contributed by atoms with Crippen molar-refractivity contribution < 1.29 is 28.8 Å². The van der Waals surface area contributed by atoms with E-state index in [1.807, 2.05) is 6.07 Å². The summed E-state index contributed by atoms with van der Waals surface area (Å²) in [5.41, 5.74) is 2.66. The van der Waals surface area contributed by atoms with Crippen LogP contribution in [0.4, 0.5) is 0 Å². The van der Waals surface area contributed by atoms with E-state index in [1.54, 1.807) is 0 Å². The molecule has 5 unspecified atom stereocenters. The number of aliphatic hydroxyl groups excluding tert-OH is 1. The van der Waals surface area contributed by atoms with Crippen molar-refractivity contribution in [1.82, 2.24) is 0 Å². The van der Waals surface area contributed by atoms with Crippen molar-refractivity contribution in [2.75, 3.05) is 26.4 Å². The first-order chi connectivity index (χ1) is 22.8. The summed E-state index contributed by atoms with van der Waals surface area (Å²) in [5, 5.41) is 10.5. The molecule has 6 nitrogen and oxygen atoms in total. The van der Waals surface area contributed by atoms with E-state index in [0.717, 1.165) is 102 Å². The van der Waals surface area contributed by atoms with Gasteiger partial charge in [-0.15, -0.1) is 0 Å². The molecule has 0 radical (unpaired) electrons. The predicted molar refractivity (Wildman–Crippen MR) is 181 cm³/mol. The van der Waals surface area contributed by atoms with Gasteiger partial charge in [0.25, 0.3) is 0 Å². The van der Waals surface area contributed by atoms with Crippen molar-refractivity contribution in [3.8, 4) is 0 Å². The Kier molecular flexibility index (Phi) is 13.5. The average Bonchev–Trinajstić information content (AvgIpc) is 3.66. The molecule has 0 bridgehead atoms. The van der Waals surface area contributed by atoms with Crippen LogP contribution in [0, 0.1) is 29.6 Å². The number of ether oxygens (including phenoxy) is 5. The molecule has 6 heteroatoms. The zero-order valence-corrected chi connectivity index (χ0v) is 28.2. The van der Waals surface area contributed by atoms with Crippen LogP contribution in [0.2, 0.25) is 0 Å². The summed E-state index contributed by atoms with van der Waals surface area (Å²) in [5.74, 6) is 3.18. The zero-order chi connectivity index (χ0) is 31.4. The van der Waals surface area contributed by atoms with Crippen LogP contribution in [0.5, 0.6) is 0 Å². The molecule has 2 saturated carbocycles. The van der Waals surface area contributed by atoms with Crippen LogP contribution in [-0.4, -0.2) is 50.2 Å². The normalized spacial score (nSPS) is 31.4. The number of hydrogen-bond acceptors (Lipinski definition) is 6. The second kappa shape index (κ2) is 18.2. The monoisotopic (exact) mass is 636 g/mol. The molecule has 0 aromatic heterocycles. The maximum Gasteiger partial charge on any atom is 0.199 e. The van der Waals surface area contributed by atoms with Crippen molar-refractivity contribution >= 4 is 0 Å². The molecule has 7 atom stereocenters. The van der Waals surface area contributed by atoms with E-state index in [4.69, 9.17) is 23.7 Å². The zero-order valence-electron chi connectivity index (χ0n) is 28.2. The van der Waals surface area contributed by atoms with Gasteiger partial charge in [0.1, 0.15) is 5.76 Å². The lowest BCUT2D eigenvalue weighted by Crippen LogP contribution is -2.34. The molecule has 2 heterocycles. The maximum absolute atomic E-state index is 10.5. The van der Waals surface area contributed by atoms with Gasteiger partial charge in [0.2, 0.25) is 0 Å². The molecule has 6 rings (SSSR count). The molecule has 46 heavy (non-hydrogen) atoms. The van der Waals surface area contributed by atoms with Gasteiger partial charge in [-0.05, 0) is 93.6 Å². The third-order valence-corrected chi connectivity index (χ3v) is 11.3. The molecule has 5 aliphatic rings. The third kappa shape index (κ3) is 9.69. The van der Waals surface area contributed by atoms with Crippen molar-refractivity contribution in [3.05, 3.63) is 59.4 Å². The molecule has 0 amide bonds. The van der Waals surface area contributed by atoms with Crippen LogP contribution in [0.3, 0.4) is 0 Å². The minimum absolute atomic E-state index is 0.0893. The highest BCUT2D eigenvalue weighted by atomic mass is 16.7. The Morgan fingerprint density at radius 1 is 0.891 bits per heavy atom. The van der Waals surface area contributed by atoms with Crippen LogP contribution < -0.4 is 0 Å². The average molecular weight is 637 g/mol. The van der Waals surface area contributed by atoms with Gasteiger partial charge < -0.3 is 28.8 Å². The van der Waals surface area contributed by atoms with E-state index in [-0.39, 0.29) is 37.1 Å². The molecule has 2 saturated heterocycles. The van der Waals surface area contributed by atoms with E-state index in [9.17, 15) is 5.11 Å². The van der Waals surface area contributed by atoms with Crippen molar-refractivity contribution in [1.29, 1.82) is 0 Å². The molecular weight excluding hydrogens is 576 g/mol. The van der Waals surface area contributed by atoms with Gasteiger partial charge in [0.15, 0.2) is 12.6 Å². The number of unbranched alkanes of at least 4 members (excludes halogenated alkanes) is 1. The van der Waals surface area contributed by atoms with E-state index in [1.165, 1.54) is 49.7 Å². The van der Waals surface area contributed by atoms with Crippen LogP contribution >= 0.6 is 0 Å². The topological polar surface area (TPSA) is 66.4 Å². The number of aliphatic hydroxyl groups is 1. The first kappa shape index (κ1) is 34.2. The van der Waals surface area contributed by atoms with Crippen LogP contribution in [0.25, 0.3) is 0 Å². The Morgan fingerprint density at radius 2 is 1.65 bits per heavy atom. The third-order valence-electron chi connectivity index (χ3n) is 11.3. The molecule has 3 aliphatic carbocycles. The van der Waals surface area contributed by atoms with Gasteiger partial charge >= 0.3 is 0 Å². The standard InChI is InChI=1S/C40H60O6/c41-28-32(17-7-10-22-42-29-31-15-5-2-6-16-31)33-25-34-27-37(46-39-19-9-12-24-44-39)40(35(34)26-33)36(45-38-18-8-11-23-43-38)21-20-30-13-3-1-4-14-30/h2,5-6,15-16,21,25,30,32,34-35,37-41H,1,3-4,7-14,17-20,22-24,26-29H2/t32?,34?,35?,37-,38?,39?,40+/m1/s1. The van der Waals surface area contributed by atoms with Crippen molar-refractivity contribution in [3.63, 3.8) is 0 Å². The van der Waals surface area contributed by atoms with Crippen LogP contribution in [-0.2, 0) is 30.3 Å². The summed E-state index contributed by atoms with van der Waals surface area (Å²) in [7, 11) is 0. The molecule has 1 aromatic rings. The van der Waals surface area contributed by atoms with E-state index in [0.29, 0.717) is 18.4 Å². The number of fused-ring (bicyclic) bond motifs is 1. The van der Waals surface area contributed by atoms with Gasteiger partial charge in [-0.25, -0.2) is 0 Å². The fourth-order valence-electron chi connectivity index (χ4n) is 8.74. The number of benzene rings is 1. The summed E-state index contributed by atoms with van der Waals surface area (Å²) in [6, 6.07) is 10.4. The number of allylic oxidation sites excluding steroid dienone is 2. The minimum atomic E-state index is -0.153. The first-order valence-electron chi connectivity index (χ1n) is 19.0. The fourth-order valence-corrected chi connectivity index (χ4v) is 8.74. The van der Waals surface area contributed by atoms with E-state index in [2.05, 4.69) is 36.4 Å². The first-order valence-corrected chi connectivity index (χ1v) is 19.0. The predicted octanol–water partition coefficient (Wildman–Crippen LogP) is 8.87. The highest BCUT2D eigenvalue weighted by Gasteiger charge is 2.50. The highest BCUT2D eigenvalue weighted by Crippen LogP contribution is 2.53. The van der Waals surface area contributed by atoms with Crippen LogP contribution in [0.15, 0.2) is 53.8 Å². The van der Waals surface area contributed by atoms with Crippen LogP contribution in [0.1, 0.15) is 115 Å². The highest BCUT2D eigenvalue weighted by molar-refractivity contribution is 5.25. The van der Waals surface area contributed by atoms with Gasteiger partial charge in [0.05, 0.1) is 19.3 Å². The Morgan fingerprint density at radius 3 is 2.39 bits per heavy atom. The lowest BCUT2D eigenvalue weighted by atomic mass is 9.83. The molecule has 256 valence electrons. The molecular formula is C40H60O6. The van der Waals surface area contributed by atoms with E-state index >= 15 is 0 Å². The second-order valence-corrected chi connectivity index (χ2v) is 14.7. The maximum atomic E-state index is 10.5. The number of rotatable bonds is 16. The molecule has 1 aromatic carbocycles. The van der Waals surface area contributed by atoms with Gasteiger partial charge in [-0.1, -0.05) is 80.5 Å². The minimum Gasteiger partial charge on any atom is -0.469 e. The van der Waals surface area contributed by atoms with Crippen molar-refractivity contribution in [2.24, 2.45) is 29.6 Å². The largest absolute Gasteiger partial charge is 0.469 e. The molecule has 4 fully saturated rings. The van der Waals surface area contributed by atoms with Crippen molar-refractivity contribution in [2.45, 2.75) is 134 Å². The summed E-state index contributed by atoms with van der Waals surface area (Å²) in [6.07, 6.45) is 24.3. The lowest BCUT2D eigenvalue weighted by molar-refractivity contribution is -0.201. The summed E-state index contributed by atoms with van der Waals surface area (Å²) in [4.78, 5) is 0. The number of hydrogen-bond donors (Lipinski definition) is 1. The smallest absolute Gasteiger partial charge is 0.199 e. The molecule has 2 aliphatic heterocycles. The summed E-state index contributed by atoms with van der Waals surface area (Å²) >= 11 is 0. The molecule has 0 spiro atoms. The van der Waals surface area contributed by atoms with Gasteiger partial charge in [-0.2, -0.15) is 0 Å². The van der Waals surface area contributed by atoms with Gasteiger partial charge in [-0.3, -0.25) is 0 Å². The lowest BCUT2D eigenvalue weighted by Gasteiger charge is -2.34. The second-order valence-electron chi connectivity index (χ2n) is 14.7. The van der Waals surface area contributed by atoms with E-state index < -0.39 is 0 Å². The molecule has 1 N–H and O–H groups in total.